The summed E-state index contributed by atoms with van der Waals surface area (Å²) in [7, 11) is 0. The summed E-state index contributed by atoms with van der Waals surface area (Å²) in [6.45, 7) is 6.02. The van der Waals surface area contributed by atoms with Gasteiger partial charge in [0.25, 0.3) is 0 Å². The minimum atomic E-state index is -0.400. The van der Waals surface area contributed by atoms with E-state index in [1.54, 1.807) is 0 Å². The van der Waals surface area contributed by atoms with E-state index in [0.717, 1.165) is 12.1 Å². The zero-order valence-corrected chi connectivity index (χ0v) is 14.6. The fourth-order valence-corrected chi connectivity index (χ4v) is 2.80. The average Bonchev–Trinajstić information content (AvgIpc) is 2.49. The molecule has 21 heavy (non-hydrogen) atoms. The number of aliphatic hydroxyl groups is 1. The molecule has 0 aliphatic carbocycles. The van der Waals surface area contributed by atoms with Gasteiger partial charge in [-0.15, -0.1) is 0 Å². The molecule has 1 aromatic rings. The number of thioether (sulfide) groups is 1. The number of rotatable bonds is 11. The molecule has 0 fully saturated rings. The van der Waals surface area contributed by atoms with Crippen molar-refractivity contribution in [3.63, 3.8) is 0 Å². The number of unbranched alkanes of at least 4 members (excludes halogenated alkanes) is 3. The Bertz CT molecular complexity index is 364. The first-order chi connectivity index (χ1) is 10.1. The van der Waals surface area contributed by atoms with Crippen molar-refractivity contribution in [2.45, 2.75) is 51.6 Å². The van der Waals surface area contributed by atoms with Gasteiger partial charge in [-0.25, -0.2) is 0 Å². The second-order valence-electron chi connectivity index (χ2n) is 5.95. The summed E-state index contributed by atoms with van der Waals surface area (Å²) in [6, 6.07) is 8.33. The highest BCUT2D eigenvalue weighted by molar-refractivity contribution is 7.98. The number of hydrogen-bond acceptors (Lipinski definition) is 3. The molecular formula is C18H31NOS. The fraction of sp³-hybridized carbons (Fsp3) is 0.667. The fourth-order valence-electron chi connectivity index (χ4n) is 2.31. The molecule has 120 valence electrons. The molecule has 0 aliphatic heterocycles. The van der Waals surface area contributed by atoms with Crippen molar-refractivity contribution in [2.24, 2.45) is 0 Å². The van der Waals surface area contributed by atoms with E-state index < -0.39 is 6.10 Å². The maximum Gasteiger partial charge on any atom is 0.0914 e. The van der Waals surface area contributed by atoms with Crippen molar-refractivity contribution in [3.8, 4) is 0 Å². The van der Waals surface area contributed by atoms with E-state index in [9.17, 15) is 5.11 Å². The van der Waals surface area contributed by atoms with Crippen molar-refractivity contribution in [3.05, 3.63) is 35.4 Å². The maximum atomic E-state index is 10.2. The Morgan fingerprint density at radius 3 is 2.24 bits per heavy atom. The third kappa shape index (κ3) is 7.89. The molecule has 0 aromatic heterocycles. The van der Waals surface area contributed by atoms with E-state index in [1.807, 2.05) is 23.9 Å². The van der Waals surface area contributed by atoms with Crippen molar-refractivity contribution in [2.75, 3.05) is 25.1 Å². The lowest BCUT2D eigenvalue weighted by Gasteiger charge is -2.13. The van der Waals surface area contributed by atoms with Crippen LogP contribution in [0, 0.1) is 0 Å². The van der Waals surface area contributed by atoms with E-state index in [-0.39, 0.29) is 0 Å². The standard InChI is InChI=1S/C18H31NOS/c1-15(2)16-8-10-17(11-9-16)18(20)14-19-12-6-4-5-7-13-21-3/h8-11,15,18-20H,4-7,12-14H2,1-3H3. The average molecular weight is 310 g/mol. The summed E-state index contributed by atoms with van der Waals surface area (Å²) in [4.78, 5) is 0. The zero-order valence-electron chi connectivity index (χ0n) is 13.8. The van der Waals surface area contributed by atoms with Crippen LogP contribution in [0.25, 0.3) is 0 Å². The molecule has 2 nitrogen and oxygen atoms in total. The molecule has 1 atom stereocenters. The Balaban J connectivity index is 2.14. The summed E-state index contributed by atoms with van der Waals surface area (Å²) < 4.78 is 0. The first-order valence-electron chi connectivity index (χ1n) is 8.12. The van der Waals surface area contributed by atoms with Gasteiger partial charge < -0.3 is 10.4 Å². The number of hydrogen-bond donors (Lipinski definition) is 2. The first-order valence-corrected chi connectivity index (χ1v) is 9.52. The van der Waals surface area contributed by atoms with E-state index in [4.69, 9.17) is 0 Å². The van der Waals surface area contributed by atoms with Crippen LogP contribution < -0.4 is 5.32 Å². The summed E-state index contributed by atoms with van der Waals surface area (Å²) in [5, 5.41) is 13.5. The molecule has 0 saturated heterocycles. The van der Waals surface area contributed by atoms with Gasteiger partial charge in [0.2, 0.25) is 0 Å². The van der Waals surface area contributed by atoms with Gasteiger partial charge >= 0.3 is 0 Å². The molecule has 1 rings (SSSR count). The molecule has 0 aliphatic rings. The highest BCUT2D eigenvalue weighted by Gasteiger charge is 2.07. The van der Waals surface area contributed by atoms with Crippen LogP contribution in [0.15, 0.2) is 24.3 Å². The Hall–Kier alpha value is -0.510. The summed E-state index contributed by atoms with van der Waals surface area (Å²) in [6.07, 6.45) is 6.90. The van der Waals surface area contributed by atoms with Gasteiger partial charge in [-0.3, -0.25) is 0 Å². The topological polar surface area (TPSA) is 32.3 Å². The molecule has 0 heterocycles. The summed E-state index contributed by atoms with van der Waals surface area (Å²) >= 11 is 1.93. The molecule has 2 N–H and O–H groups in total. The maximum absolute atomic E-state index is 10.2. The minimum Gasteiger partial charge on any atom is -0.387 e. The largest absolute Gasteiger partial charge is 0.387 e. The SMILES string of the molecule is CSCCCCCCNCC(O)c1ccc(C(C)C)cc1. The molecule has 0 radical (unpaired) electrons. The smallest absolute Gasteiger partial charge is 0.0914 e. The second kappa shape index (κ2) is 11.1. The van der Waals surface area contributed by atoms with E-state index in [1.165, 1.54) is 37.0 Å². The zero-order chi connectivity index (χ0) is 15.5. The third-order valence-corrected chi connectivity index (χ3v) is 4.47. The molecule has 0 spiro atoms. The Morgan fingerprint density at radius 2 is 1.62 bits per heavy atom. The quantitative estimate of drug-likeness (QED) is 0.596. The predicted molar refractivity (Wildman–Crippen MR) is 95.2 cm³/mol. The lowest BCUT2D eigenvalue weighted by Crippen LogP contribution is -2.22. The molecular weight excluding hydrogens is 278 g/mol. The van der Waals surface area contributed by atoms with Gasteiger partial charge in [-0.2, -0.15) is 11.8 Å². The third-order valence-electron chi connectivity index (χ3n) is 3.78. The molecule has 0 amide bonds. The second-order valence-corrected chi connectivity index (χ2v) is 6.93. The molecule has 1 aromatic carbocycles. The number of aliphatic hydroxyl groups excluding tert-OH is 1. The molecule has 1 unspecified atom stereocenters. The van der Waals surface area contributed by atoms with Crippen LogP contribution in [0.1, 0.15) is 62.7 Å². The van der Waals surface area contributed by atoms with Gasteiger partial charge in [0.15, 0.2) is 0 Å². The van der Waals surface area contributed by atoms with Gasteiger partial charge in [0.1, 0.15) is 0 Å². The van der Waals surface area contributed by atoms with Gasteiger partial charge in [-0.05, 0) is 48.4 Å². The Kier molecular flexibility index (Phi) is 9.81. The predicted octanol–water partition coefficient (Wildman–Crippen LogP) is 4.36. The van der Waals surface area contributed by atoms with Crippen molar-refractivity contribution in [1.82, 2.24) is 5.32 Å². The summed E-state index contributed by atoms with van der Waals surface area (Å²) in [5.74, 6) is 1.82. The molecule has 0 bridgehead atoms. The summed E-state index contributed by atoms with van der Waals surface area (Å²) in [5.41, 5.74) is 2.33. The highest BCUT2D eigenvalue weighted by atomic mass is 32.2. The Morgan fingerprint density at radius 1 is 1.00 bits per heavy atom. The van der Waals surface area contributed by atoms with E-state index in [0.29, 0.717) is 12.5 Å². The van der Waals surface area contributed by atoms with E-state index >= 15 is 0 Å². The normalized spacial score (nSPS) is 12.8. The van der Waals surface area contributed by atoms with Crippen molar-refractivity contribution < 1.29 is 5.11 Å². The van der Waals surface area contributed by atoms with Crippen LogP contribution in [0.5, 0.6) is 0 Å². The van der Waals surface area contributed by atoms with Crippen LogP contribution in [0.4, 0.5) is 0 Å². The monoisotopic (exact) mass is 309 g/mol. The van der Waals surface area contributed by atoms with Gasteiger partial charge in [0, 0.05) is 6.54 Å². The number of benzene rings is 1. The highest BCUT2D eigenvalue weighted by Crippen LogP contribution is 2.18. The van der Waals surface area contributed by atoms with Crippen LogP contribution in [-0.4, -0.2) is 30.2 Å². The van der Waals surface area contributed by atoms with Crippen LogP contribution in [0.3, 0.4) is 0 Å². The van der Waals surface area contributed by atoms with Gasteiger partial charge in [0.05, 0.1) is 6.10 Å². The number of nitrogens with one attached hydrogen (secondary N) is 1. The van der Waals surface area contributed by atoms with Gasteiger partial charge in [-0.1, -0.05) is 51.0 Å². The first kappa shape index (κ1) is 18.5. The Labute approximate surface area is 134 Å². The lowest BCUT2D eigenvalue weighted by molar-refractivity contribution is 0.174. The molecule has 0 saturated carbocycles. The van der Waals surface area contributed by atoms with E-state index in [2.05, 4.69) is 37.6 Å². The van der Waals surface area contributed by atoms with Crippen LogP contribution in [0.2, 0.25) is 0 Å². The minimum absolute atomic E-state index is 0.400. The van der Waals surface area contributed by atoms with Crippen LogP contribution in [-0.2, 0) is 0 Å². The van der Waals surface area contributed by atoms with Crippen molar-refractivity contribution >= 4 is 11.8 Å². The van der Waals surface area contributed by atoms with Crippen LogP contribution >= 0.6 is 11.8 Å². The lowest BCUT2D eigenvalue weighted by atomic mass is 10.00. The molecule has 3 heteroatoms. The van der Waals surface area contributed by atoms with Crippen molar-refractivity contribution in [1.29, 1.82) is 0 Å².